The summed E-state index contributed by atoms with van der Waals surface area (Å²) in [5.74, 6) is 0.393. The Morgan fingerprint density at radius 3 is 3.00 bits per heavy atom. The van der Waals surface area contributed by atoms with Gasteiger partial charge in [-0.2, -0.15) is 0 Å². The normalized spacial score (nSPS) is 21.9. The maximum absolute atomic E-state index is 12.5. The summed E-state index contributed by atoms with van der Waals surface area (Å²) in [6, 6.07) is 6.61. The summed E-state index contributed by atoms with van der Waals surface area (Å²) in [5.41, 5.74) is 3.21. The number of amides is 1. The van der Waals surface area contributed by atoms with Gasteiger partial charge in [0.15, 0.2) is 0 Å². The molecule has 2 aliphatic heterocycles. The van der Waals surface area contributed by atoms with Gasteiger partial charge >= 0.3 is 0 Å². The van der Waals surface area contributed by atoms with Gasteiger partial charge in [0.05, 0.1) is 29.1 Å². The Bertz CT molecular complexity index is 936. The van der Waals surface area contributed by atoms with Gasteiger partial charge in [-0.05, 0) is 55.8 Å². The number of benzene rings is 1. The number of aliphatic imine (C=N–C) groups is 1. The highest BCUT2D eigenvalue weighted by molar-refractivity contribution is 7.15. The molecule has 0 saturated carbocycles. The van der Waals surface area contributed by atoms with Crippen molar-refractivity contribution in [2.75, 3.05) is 19.7 Å². The number of carbonyl (C=O) groups excluding carboxylic acids is 1. The lowest BCUT2D eigenvalue weighted by molar-refractivity contribution is -0.122. The zero-order chi connectivity index (χ0) is 19.7. The molecule has 3 heterocycles. The summed E-state index contributed by atoms with van der Waals surface area (Å²) in [6.07, 6.45) is 5.07. The third kappa shape index (κ3) is 4.06. The first kappa shape index (κ1) is 19.0. The fraction of sp³-hybridized carbons (Fsp3) is 0.381. The Morgan fingerprint density at radius 2 is 2.36 bits per heavy atom. The SMILES string of the molecule is C=N/C(=C\c1cc(-c2cnc(C)s2)ccc1C)NC(=O)CN1C[C@H]2C[C@@H]1CO2. The van der Waals surface area contributed by atoms with Crippen molar-refractivity contribution in [1.82, 2.24) is 15.2 Å². The molecule has 7 heteroatoms. The van der Waals surface area contributed by atoms with Crippen molar-refractivity contribution >= 4 is 30.0 Å². The number of morpholine rings is 1. The monoisotopic (exact) mass is 396 g/mol. The van der Waals surface area contributed by atoms with Crippen LogP contribution in [0, 0.1) is 13.8 Å². The average Bonchev–Trinajstić information content (AvgIpc) is 3.40. The van der Waals surface area contributed by atoms with Gasteiger partial charge in [-0.15, -0.1) is 11.3 Å². The molecule has 2 fully saturated rings. The number of aromatic nitrogens is 1. The number of aryl methyl sites for hydroxylation is 2. The van der Waals surface area contributed by atoms with E-state index in [0.717, 1.165) is 46.1 Å². The van der Waals surface area contributed by atoms with E-state index in [9.17, 15) is 4.79 Å². The fourth-order valence-corrected chi connectivity index (χ4v) is 4.53. The molecule has 146 valence electrons. The third-order valence-corrected chi connectivity index (χ3v) is 6.24. The van der Waals surface area contributed by atoms with E-state index in [2.05, 4.69) is 45.1 Å². The lowest BCUT2D eigenvalue weighted by Crippen LogP contribution is -2.43. The van der Waals surface area contributed by atoms with E-state index in [1.807, 2.05) is 26.1 Å². The molecule has 0 aliphatic carbocycles. The van der Waals surface area contributed by atoms with Gasteiger partial charge in [-0.3, -0.25) is 9.69 Å². The van der Waals surface area contributed by atoms with Crippen molar-refractivity contribution in [3.63, 3.8) is 0 Å². The lowest BCUT2D eigenvalue weighted by Gasteiger charge is -2.25. The molecule has 2 atom stereocenters. The molecule has 0 spiro atoms. The van der Waals surface area contributed by atoms with Crippen LogP contribution >= 0.6 is 11.3 Å². The predicted molar refractivity (Wildman–Crippen MR) is 112 cm³/mol. The third-order valence-electron chi connectivity index (χ3n) is 5.28. The summed E-state index contributed by atoms with van der Waals surface area (Å²) in [6.45, 7) is 9.57. The van der Waals surface area contributed by atoms with Crippen LogP contribution in [0.2, 0.25) is 0 Å². The molecule has 0 radical (unpaired) electrons. The van der Waals surface area contributed by atoms with Gasteiger partial charge < -0.3 is 10.1 Å². The van der Waals surface area contributed by atoms with E-state index in [1.165, 1.54) is 0 Å². The standard InChI is InChI=1S/C21H24N4O2S/c1-13-4-5-15(19-9-23-14(2)28-19)6-16(13)7-20(22-3)24-21(26)11-25-10-18-8-17(25)12-27-18/h4-7,9,17-18H,3,8,10-12H2,1-2H3,(H,24,26)/b20-7+/t17-,18-/m1/s1. The molecule has 28 heavy (non-hydrogen) atoms. The van der Waals surface area contributed by atoms with Gasteiger partial charge in [-0.25, -0.2) is 9.98 Å². The van der Waals surface area contributed by atoms with Crippen molar-refractivity contribution in [2.45, 2.75) is 32.4 Å². The number of hydrogen-bond donors (Lipinski definition) is 1. The zero-order valence-electron chi connectivity index (χ0n) is 16.1. The van der Waals surface area contributed by atoms with E-state index >= 15 is 0 Å². The van der Waals surface area contributed by atoms with Crippen LogP contribution in [0.5, 0.6) is 0 Å². The van der Waals surface area contributed by atoms with Gasteiger partial charge in [0.2, 0.25) is 5.91 Å². The Hall–Kier alpha value is -2.35. The Balaban J connectivity index is 1.48. The summed E-state index contributed by atoms with van der Waals surface area (Å²) in [7, 11) is 0. The maximum atomic E-state index is 12.5. The predicted octanol–water partition coefficient (Wildman–Crippen LogP) is 3.02. The number of nitrogens with zero attached hydrogens (tertiary/aromatic N) is 3. The van der Waals surface area contributed by atoms with Crippen LogP contribution in [0.15, 0.2) is 35.2 Å². The Labute approximate surface area is 169 Å². The van der Waals surface area contributed by atoms with Crippen LogP contribution in [0.3, 0.4) is 0 Å². The fourth-order valence-electron chi connectivity index (χ4n) is 3.75. The van der Waals surface area contributed by atoms with Crippen molar-refractivity contribution in [1.29, 1.82) is 0 Å². The minimum absolute atomic E-state index is 0.0712. The topological polar surface area (TPSA) is 66.8 Å². The van der Waals surface area contributed by atoms with Crippen molar-refractivity contribution in [3.8, 4) is 10.4 Å². The molecule has 6 nitrogen and oxygen atoms in total. The smallest absolute Gasteiger partial charge is 0.239 e. The molecule has 1 amide bonds. The number of likely N-dealkylation sites (tertiary alicyclic amines) is 1. The van der Waals surface area contributed by atoms with E-state index < -0.39 is 0 Å². The number of hydrogen-bond acceptors (Lipinski definition) is 6. The van der Waals surface area contributed by atoms with Crippen molar-refractivity contribution < 1.29 is 9.53 Å². The first-order valence-corrected chi connectivity index (χ1v) is 10.2. The number of ether oxygens (including phenoxy) is 1. The number of fused-ring (bicyclic) bond motifs is 2. The number of nitrogens with one attached hydrogen (secondary N) is 1. The molecule has 1 N–H and O–H groups in total. The van der Waals surface area contributed by atoms with Crippen LogP contribution in [0.4, 0.5) is 0 Å². The van der Waals surface area contributed by atoms with Crippen LogP contribution < -0.4 is 5.32 Å². The quantitative estimate of drug-likeness (QED) is 0.763. The molecule has 2 aliphatic rings. The molecule has 4 rings (SSSR count). The molecule has 2 bridgehead atoms. The highest BCUT2D eigenvalue weighted by Crippen LogP contribution is 2.29. The van der Waals surface area contributed by atoms with Gasteiger partial charge in [0.1, 0.15) is 5.82 Å². The summed E-state index contributed by atoms with van der Waals surface area (Å²) >= 11 is 1.66. The zero-order valence-corrected chi connectivity index (χ0v) is 17.0. The number of rotatable bonds is 6. The molecule has 1 aromatic carbocycles. The highest BCUT2D eigenvalue weighted by Gasteiger charge is 2.39. The van der Waals surface area contributed by atoms with Crippen LogP contribution in [0.1, 0.15) is 22.6 Å². The maximum Gasteiger partial charge on any atom is 0.239 e. The van der Waals surface area contributed by atoms with E-state index in [1.54, 1.807) is 11.3 Å². The molecule has 2 saturated heterocycles. The Morgan fingerprint density at radius 1 is 1.50 bits per heavy atom. The van der Waals surface area contributed by atoms with Crippen molar-refractivity contribution in [2.24, 2.45) is 4.99 Å². The largest absolute Gasteiger partial charge is 0.375 e. The molecular weight excluding hydrogens is 372 g/mol. The second kappa shape index (κ2) is 7.95. The average molecular weight is 397 g/mol. The summed E-state index contributed by atoms with van der Waals surface area (Å²) < 4.78 is 5.59. The second-order valence-corrected chi connectivity index (χ2v) is 8.56. The van der Waals surface area contributed by atoms with Crippen molar-refractivity contribution in [3.05, 3.63) is 46.4 Å². The van der Waals surface area contributed by atoms with Gasteiger partial charge in [0.25, 0.3) is 0 Å². The van der Waals surface area contributed by atoms with E-state index in [0.29, 0.717) is 18.4 Å². The lowest BCUT2D eigenvalue weighted by atomic mass is 10.0. The van der Waals surface area contributed by atoms with Gasteiger partial charge in [0, 0.05) is 18.8 Å². The number of thiazole rings is 1. The highest BCUT2D eigenvalue weighted by atomic mass is 32.1. The minimum Gasteiger partial charge on any atom is -0.375 e. The molecular formula is C21H24N4O2S. The minimum atomic E-state index is -0.0712. The van der Waals surface area contributed by atoms with Gasteiger partial charge in [-0.1, -0.05) is 12.1 Å². The molecule has 2 aromatic rings. The van der Waals surface area contributed by atoms with E-state index in [4.69, 9.17) is 4.74 Å². The molecule has 1 aromatic heterocycles. The summed E-state index contributed by atoms with van der Waals surface area (Å²) in [4.78, 5) is 24.1. The second-order valence-electron chi connectivity index (χ2n) is 7.33. The van der Waals surface area contributed by atoms with Crippen LogP contribution in [-0.2, 0) is 9.53 Å². The first-order chi connectivity index (χ1) is 13.5. The van der Waals surface area contributed by atoms with Crippen LogP contribution in [0.25, 0.3) is 16.5 Å². The summed E-state index contributed by atoms with van der Waals surface area (Å²) in [5, 5.41) is 3.93. The van der Waals surface area contributed by atoms with Crippen LogP contribution in [-0.4, -0.2) is 54.4 Å². The number of carbonyl (C=O) groups is 1. The first-order valence-electron chi connectivity index (χ1n) is 9.39. The molecule has 0 unspecified atom stereocenters. The van der Waals surface area contributed by atoms with E-state index in [-0.39, 0.29) is 12.0 Å². The Kier molecular flexibility index (Phi) is 5.39.